The van der Waals surface area contributed by atoms with Crippen LogP contribution in [0.25, 0.3) is 22.2 Å². The zero-order chi connectivity index (χ0) is 32.1. The zero-order valence-corrected chi connectivity index (χ0v) is 27.5. The van der Waals surface area contributed by atoms with Crippen molar-refractivity contribution in [3.63, 3.8) is 0 Å². The number of halogens is 1. The largest absolute Gasteiger partial charge is 0.488 e. The maximum Gasteiger partial charge on any atom is 0.185 e. The van der Waals surface area contributed by atoms with Gasteiger partial charge in [-0.05, 0) is 82.9 Å². The maximum atomic E-state index is 13.8. The smallest absolute Gasteiger partial charge is 0.185 e. The highest BCUT2D eigenvalue weighted by molar-refractivity contribution is 6.90. The summed E-state index contributed by atoms with van der Waals surface area (Å²) in [5, 5.41) is 4.25. The van der Waals surface area contributed by atoms with Crippen LogP contribution in [0, 0.1) is 17.3 Å². The van der Waals surface area contributed by atoms with E-state index in [0.29, 0.717) is 40.2 Å². The summed E-state index contributed by atoms with van der Waals surface area (Å²) in [6.45, 7) is 14.0. The third-order valence-corrected chi connectivity index (χ3v) is 14.8. The van der Waals surface area contributed by atoms with E-state index in [4.69, 9.17) is 9.15 Å². The van der Waals surface area contributed by atoms with Gasteiger partial charge in [0.2, 0.25) is 0 Å². The fourth-order valence-corrected chi connectivity index (χ4v) is 11.5. The molecule has 5 rings (SSSR count). The molecule has 0 bridgehead atoms. The van der Waals surface area contributed by atoms with Crippen LogP contribution in [0.5, 0.6) is 5.75 Å². The molecule has 230 valence electrons. The van der Waals surface area contributed by atoms with Gasteiger partial charge in [-0.3, -0.25) is 4.79 Å². The number of aromatic nitrogens is 2. The summed E-state index contributed by atoms with van der Waals surface area (Å²) in [6, 6.07) is 21.4. The highest BCUT2D eigenvalue weighted by Gasteiger charge is 2.41. The molecule has 0 atom stereocenters. The van der Waals surface area contributed by atoms with Gasteiger partial charge >= 0.3 is 0 Å². The Bertz CT molecular complexity index is 1870. The Hall–Kier alpha value is -4.74. The van der Waals surface area contributed by atoms with Crippen LogP contribution in [-0.4, -0.2) is 24.3 Å². The number of hydrogen-bond acceptors (Lipinski definition) is 6. The number of nitrogens with one attached hydrogen (secondary N) is 1. The van der Waals surface area contributed by atoms with E-state index in [2.05, 4.69) is 68.3 Å². The highest BCUT2D eigenvalue weighted by atomic mass is 28.3. The molecule has 0 amide bonds. The van der Waals surface area contributed by atoms with E-state index in [1.165, 1.54) is 18.5 Å². The molecule has 8 heteroatoms. The zero-order valence-electron chi connectivity index (χ0n) is 26.5. The molecule has 5 aromatic rings. The van der Waals surface area contributed by atoms with Crippen molar-refractivity contribution in [3.05, 3.63) is 102 Å². The van der Waals surface area contributed by atoms with Crippen LogP contribution in [0.2, 0.25) is 16.6 Å². The third-order valence-electron chi connectivity index (χ3n) is 8.47. The molecule has 2 heterocycles. The summed E-state index contributed by atoms with van der Waals surface area (Å²) in [5.41, 5.74) is 9.08. The van der Waals surface area contributed by atoms with Gasteiger partial charge in [0.05, 0.1) is 11.1 Å². The predicted octanol–water partition coefficient (Wildman–Crippen LogP) is 9.73. The van der Waals surface area contributed by atoms with E-state index in [1.54, 1.807) is 18.2 Å². The van der Waals surface area contributed by atoms with Crippen LogP contribution in [0.3, 0.4) is 0 Å². The van der Waals surface area contributed by atoms with Gasteiger partial charge in [0.25, 0.3) is 0 Å². The van der Waals surface area contributed by atoms with E-state index in [9.17, 15) is 9.18 Å². The molecule has 0 radical (unpaired) electrons. The molecule has 2 aromatic heterocycles. The first-order valence-corrected chi connectivity index (χ1v) is 17.5. The maximum absolute atomic E-state index is 13.8. The quantitative estimate of drug-likeness (QED) is 0.0953. The molecule has 0 saturated carbocycles. The van der Waals surface area contributed by atoms with Crippen molar-refractivity contribution in [1.29, 1.82) is 0 Å². The van der Waals surface area contributed by atoms with E-state index in [-0.39, 0.29) is 18.2 Å². The Kier molecular flexibility index (Phi) is 9.50. The van der Waals surface area contributed by atoms with Crippen molar-refractivity contribution in [2.45, 2.75) is 64.8 Å². The standard InChI is InChI=1S/C37H38FN3O3Si/c1-24(2)45(25(3)4,26(5)6)17-16-29-19-31(11-14-35(29)43-22-27-8-7-9-30(38)18-27)41-37-33-20-28(10-13-34(33)39-23-40-37)36-15-12-32(21-42)44-36/h7-15,18-21,23-26H,22H2,1-6H3,(H,39,40,41). The molecule has 0 aliphatic heterocycles. The third kappa shape index (κ3) is 6.84. The first-order chi connectivity index (χ1) is 21.6. The average molecular weight is 620 g/mol. The topological polar surface area (TPSA) is 77.3 Å². The number of carbonyl (C=O) groups is 1. The molecule has 0 unspecified atom stereocenters. The van der Waals surface area contributed by atoms with Gasteiger partial charge in [0, 0.05) is 16.6 Å². The monoisotopic (exact) mass is 619 g/mol. The summed E-state index contributed by atoms with van der Waals surface area (Å²) in [4.78, 5) is 20.1. The number of furan rings is 1. The van der Waals surface area contributed by atoms with Crippen molar-refractivity contribution < 1.29 is 18.3 Å². The van der Waals surface area contributed by atoms with Gasteiger partial charge in [-0.2, -0.15) is 0 Å². The van der Waals surface area contributed by atoms with Crippen molar-refractivity contribution in [2.24, 2.45) is 0 Å². The molecule has 0 aliphatic carbocycles. The van der Waals surface area contributed by atoms with Gasteiger partial charge in [-0.1, -0.05) is 59.6 Å². The minimum Gasteiger partial charge on any atom is -0.488 e. The normalized spacial score (nSPS) is 11.6. The summed E-state index contributed by atoms with van der Waals surface area (Å²) < 4.78 is 25.7. The second kappa shape index (κ2) is 13.5. The second-order valence-electron chi connectivity index (χ2n) is 12.2. The van der Waals surface area contributed by atoms with Crippen molar-refractivity contribution in [1.82, 2.24) is 9.97 Å². The number of carbonyl (C=O) groups excluding carboxylic acids is 1. The molecule has 0 saturated heterocycles. The molecular formula is C37H38FN3O3Si. The average Bonchev–Trinajstić information content (AvgIpc) is 3.50. The molecule has 0 fully saturated rings. The van der Waals surface area contributed by atoms with Crippen LogP contribution in [-0.2, 0) is 6.61 Å². The lowest BCUT2D eigenvalue weighted by Gasteiger charge is -2.38. The second-order valence-corrected chi connectivity index (χ2v) is 17.8. The van der Waals surface area contributed by atoms with Crippen LogP contribution in [0.1, 0.15) is 63.2 Å². The molecule has 45 heavy (non-hydrogen) atoms. The minimum atomic E-state index is -2.03. The summed E-state index contributed by atoms with van der Waals surface area (Å²) in [5.74, 6) is 5.35. The molecule has 0 aliphatic rings. The van der Waals surface area contributed by atoms with Crippen LogP contribution in [0.15, 0.2) is 83.5 Å². The number of fused-ring (bicyclic) bond motifs is 1. The van der Waals surface area contributed by atoms with E-state index >= 15 is 0 Å². The summed E-state index contributed by atoms with van der Waals surface area (Å²) in [7, 11) is -2.03. The van der Waals surface area contributed by atoms with Gasteiger partial charge in [-0.25, -0.2) is 14.4 Å². The number of rotatable bonds is 10. The summed E-state index contributed by atoms with van der Waals surface area (Å²) >= 11 is 0. The van der Waals surface area contributed by atoms with Crippen LogP contribution in [0.4, 0.5) is 15.9 Å². The van der Waals surface area contributed by atoms with Gasteiger partial charge in [-0.15, -0.1) is 5.54 Å². The van der Waals surface area contributed by atoms with Crippen molar-refractivity contribution in [3.8, 4) is 28.5 Å². The first-order valence-electron chi connectivity index (χ1n) is 15.2. The molecular weight excluding hydrogens is 582 g/mol. The van der Waals surface area contributed by atoms with Crippen molar-refractivity contribution >= 4 is 36.8 Å². The van der Waals surface area contributed by atoms with Crippen LogP contribution >= 0.6 is 0 Å². The number of hydrogen-bond donors (Lipinski definition) is 1. The number of nitrogens with zero attached hydrogens (tertiary/aromatic N) is 2. The lowest BCUT2D eigenvalue weighted by Crippen LogP contribution is -2.43. The fraction of sp³-hybridized carbons (Fsp3) is 0.270. The van der Waals surface area contributed by atoms with Crippen LogP contribution < -0.4 is 10.1 Å². The number of ether oxygens (including phenoxy) is 1. The fourth-order valence-electron chi connectivity index (χ4n) is 6.25. The Morgan fingerprint density at radius 1 is 0.933 bits per heavy atom. The van der Waals surface area contributed by atoms with Gasteiger partial charge in [0.1, 0.15) is 44.2 Å². The summed E-state index contributed by atoms with van der Waals surface area (Å²) in [6.07, 6.45) is 2.20. The predicted molar refractivity (Wildman–Crippen MR) is 181 cm³/mol. The highest BCUT2D eigenvalue weighted by Crippen LogP contribution is 2.41. The Morgan fingerprint density at radius 3 is 2.40 bits per heavy atom. The van der Waals surface area contributed by atoms with E-state index < -0.39 is 8.07 Å². The minimum absolute atomic E-state index is 0.220. The van der Waals surface area contributed by atoms with E-state index in [0.717, 1.165) is 33.3 Å². The van der Waals surface area contributed by atoms with Gasteiger partial charge < -0.3 is 14.5 Å². The Labute approximate surface area is 265 Å². The molecule has 3 aromatic carbocycles. The number of benzene rings is 3. The van der Waals surface area contributed by atoms with Crippen molar-refractivity contribution in [2.75, 3.05) is 5.32 Å². The van der Waals surface area contributed by atoms with E-state index in [1.807, 2.05) is 42.5 Å². The molecule has 1 N–H and O–H groups in total. The molecule has 0 spiro atoms. The number of anilines is 2. The number of aldehydes is 1. The van der Waals surface area contributed by atoms with Gasteiger partial charge in [0.15, 0.2) is 12.0 Å². The first kappa shape index (κ1) is 31.7. The molecule has 6 nitrogen and oxygen atoms in total. The Morgan fingerprint density at radius 2 is 1.71 bits per heavy atom. The lowest BCUT2D eigenvalue weighted by molar-refractivity contribution is 0.110. The SMILES string of the molecule is CC(C)[Si](C#Cc1cc(Nc2ncnc3ccc(-c4ccc(C=O)o4)cc23)ccc1OCc1cccc(F)c1)(C(C)C)C(C)C. The Balaban J connectivity index is 1.54. The lowest BCUT2D eigenvalue weighted by atomic mass is 10.1.